The summed E-state index contributed by atoms with van der Waals surface area (Å²) in [6, 6.07) is 7.92. The molecule has 0 atom stereocenters. The van der Waals surface area contributed by atoms with Crippen LogP contribution in [-0.4, -0.2) is 24.7 Å². The molecule has 0 unspecified atom stereocenters. The number of rotatable bonds is 4. The summed E-state index contributed by atoms with van der Waals surface area (Å²) in [5, 5.41) is 21.1. The Morgan fingerprint density at radius 3 is 2.43 bits per heavy atom. The van der Waals surface area contributed by atoms with Crippen LogP contribution in [0.1, 0.15) is 37.2 Å². The third-order valence-electron chi connectivity index (χ3n) is 4.26. The minimum Gasteiger partial charge on any atom is -0.508 e. The topological polar surface area (TPSA) is 86.6 Å². The van der Waals surface area contributed by atoms with Crippen LogP contribution in [0.25, 0.3) is 0 Å². The van der Waals surface area contributed by atoms with Crippen molar-refractivity contribution in [2.45, 2.75) is 41.9 Å². The van der Waals surface area contributed by atoms with Gasteiger partial charge in [-0.3, -0.25) is 0 Å². The lowest BCUT2D eigenvalue weighted by atomic mass is 9.81. The lowest BCUT2D eigenvalue weighted by Gasteiger charge is -2.29. The van der Waals surface area contributed by atoms with Crippen molar-refractivity contribution in [3.05, 3.63) is 41.3 Å². The first-order valence-corrected chi connectivity index (χ1v) is 9.90. The molecule has 1 heterocycles. The van der Waals surface area contributed by atoms with Crippen molar-refractivity contribution in [3.8, 4) is 11.5 Å². The highest BCUT2D eigenvalue weighted by Gasteiger charge is 2.28. The first kappa shape index (κ1) is 16.3. The minimum absolute atomic E-state index is 0.0450. The molecule has 0 bridgehead atoms. The second-order valence-electron chi connectivity index (χ2n) is 5.85. The average Bonchev–Trinajstić information content (AvgIpc) is 3.03. The number of phenols is 2. The Kier molecular flexibility index (Phi) is 4.61. The van der Waals surface area contributed by atoms with Crippen LogP contribution in [-0.2, 0) is 10.0 Å². The minimum atomic E-state index is -3.43. The van der Waals surface area contributed by atoms with Crippen LogP contribution >= 0.6 is 11.3 Å². The van der Waals surface area contributed by atoms with Crippen LogP contribution < -0.4 is 4.72 Å². The normalized spacial score (nSPS) is 22.1. The van der Waals surface area contributed by atoms with Gasteiger partial charge in [0.15, 0.2) is 0 Å². The van der Waals surface area contributed by atoms with Gasteiger partial charge in [-0.1, -0.05) is 12.1 Å². The van der Waals surface area contributed by atoms with Gasteiger partial charge in [0.05, 0.1) is 0 Å². The first-order chi connectivity index (χ1) is 11.0. The fourth-order valence-electron chi connectivity index (χ4n) is 3.09. The molecule has 0 saturated heterocycles. The van der Waals surface area contributed by atoms with Crippen LogP contribution in [0.4, 0.5) is 0 Å². The number of nitrogens with one attached hydrogen (secondary N) is 1. The van der Waals surface area contributed by atoms with E-state index in [2.05, 4.69) is 4.72 Å². The Hall–Kier alpha value is -1.57. The predicted molar refractivity (Wildman–Crippen MR) is 89.4 cm³/mol. The number of aromatic hydroxyl groups is 2. The summed E-state index contributed by atoms with van der Waals surface area (Å²) < 4.78 is 27.6. The molecule has 7 heteroatoms. The third kappa shape index (κ3) is 3.68. The molecule has 23 heavy (non-hydrogen) atoms. The molecule has 0 amide bonds. The lowest BCUT2D eigenvalue weighted by molar-refractivity contribution is 0.363. The highest BCUT2D eigenvalue weighted by Crippen LogP contribution is 2.38. The van der Waals surface area contributed by atoms with Crippen LogP contribution in [0.5, 0.6) is 11.5 Å². The van der Waals surface area contributed by atoms with Crippen molar-refractivity contribution in [2.24, 2.45) is 0 Å². The van der Waals surface area contributed by atoms with E-state index in [1.54, 1.807) is 29.6 Å². The Labute approximate surface area is 139 Å². The predicted octanol–water partition coefficient (Wildman–Crippen LogP) is 3.16. The van der Waals surface area contributed by atoms with Gasteiger partial charge in [-0.25, -0.2) is 13.1 Å². The zero-order valence-electron chi connectivity index (χ0n) is 12.5. The molecular formula is C16H19NO4S2. The summed E-state index contributed by atoms with van der Waals surface area (Å²) in [5.74, 6) is 0.342. The van der Waals surface area contributed by atoms with Crippen LogP contribution in [0.15, 0.2) is 39.9 Å². The van der Waals surface area contributed by atoms with Gasteiger partial charge < -0.3 is 10.2 Å². The monoisotopic (exact) mass is 353 g/mol. The largest absolute Gasteiger partial charge is 0.508 e. The Morgan fingerprint density at radius 2 is 1.83 bits per heavy atom. The number of sulfonamides is 1. The standard InChI is InChI=1S/C16H19NO4S2/c18-13-7-8-14(15(19)10-13)11-3-5-12(6-4-11)17-23(20,21)16-2-1-9-22-16/h1-2,7-12,17-19H,3-6H2. The van der Waals surface area contributed by atoms with Crippen LogP contribution in [0, 0.1) is 0 Å². The quantitative estimate of drug-likeness (QED) is 0.788. The van der Waals surface area contributed by atoms with Crippen molar-refractivity contribution in [1.29, 1.82) is 0 Å². The second-order valence-corrected chi connectivity index (χ2v) is 8.73. The van der Waals surface area contributed by atoms with Crippen molar-refractivity contribution < 1.29 is 18.6 Å². The van der Waals surface area contributed by atoms with E-state index in [1.807, 2.05) is 0 Å². The molecule has 1 saturated carbocycles. The second kappa shape index (κ2) is 6.51. The number of hydrogen-bond donors (Lipinski definition) is 3. The fourth-order valence-corrected chi connectivity index (χ4v) is 5.41. The smallest absolute Gasteiger partial charge is 0.250 e. The maximum Gasteiger partial charge on any atom is 0.250 e. The zero-order chi connectivity index (χ0) is 16.4. The zero-order valence-corrected chi connectivity index (χ0v) is 14.1. The Bertz CT molecular complexity index is 763. The van der Waals surface area contributed by atoms with Crippen molar-refractivity contribution >= 4 is 21.4 Å². The molecule has 1 aromatic carbocycles. The fraction of sp³-hybridized carbons (Fsp3) is 0.375. The van der Waals surface area contributed by atoms with E-state index >= 15 is 0 Å². The summed E-state index contributed by atoms with van der Waals surface area (Å²) in [6.07, 6.45) is 3.07. The summed E-state index contributed by atoms with van der Waals surface area (Å²) >= 11 is 1.21. The van der Waals surface area contributed by atoms with Gasteiger partial charge in [0, 0.05) is 12.1 Å². The molecule has 5 nitrogen and oxygen atoms in total. The van der Waals surface area contributed by atoms with Gasteiger partial charge in [0.25, 0.3) is 0 Å². The molecule has 0 radical (unpaired) electrons. The average molecular weight is 353 g/mol. The van der Waals surface area contributed by atoms with Gasteiger partial charge in [0.1, 0.15) is 15.7 Å². The number of phenolic OH excluding ortho intramolecular Hbond substituents is 2. The van der Waals surface area contributed by atoms with E-state index in [-0.39, 0.29) is 23.5 Å². The van der Waals surface area contributed by atoms with E-state index in [0.717, 1.165) is 31.2 Å². The van der Waals surface area contributed by atoms with Crippen molar-refractivity contribution in [2.75, 3.05) is 0 Å². The maximum absolute atomic E-state index is 12.2. The molecule has 1 aliphatic carbocycles. The highest BCUT2D eigenvalue weighted by atomic mass is 32.2. The third-order valence-corrected chi connectivity index (χ3v) is 7.18. The summed E-state index contributed by atoms with van der Waals surface area (Å²) in [4.78, 5) is 0. The van der Waals surface area contributed by atoms with Crippen LogP contribution in [0.3, 0.4) is 0 Å². The lowest BCUT2D eigenvalue weighted by Crippen LogP contribution is -2.37. The number of thiophene rings is 1. The summed E-state index contributed by atoms with van der Waals surface area (Å²) in [5.41, 5.74) is 0.822. The molecule has 0 spiro atoms. The molecule has 1 aromatic heterocycles. The molecule has 3 N–H and O–H groups in total. The number of benzene rings is 1. The van der Waals surface area contributed by atoms with Crippen molar-refractivity contribution in [1.82, 2.24) is 4.72 Å². The number of hydrogen-bond acceptors (Lipinski definition) is 5. The molecule has 0 aliphatic heterocycles. The molecule has 1 fully saturated rings. The molecular weight excluding hydrogens is 334 g/mol. The van der Waals surface area contributed by atoms with Crippen molar-refractivity contribution in [3.63, 3.8) is 0 Å². The van der Waals surface area contributed by atoms with E-state index in [1.165, 1.54) is 17.4 Å². The Balaban J connectivity index is 1.62. The van der Waals surface area contributed by atoms with Gasteiger partial charge in [-0.15, -0.1) is 11.3 Å². The first-order valence-electron chi connectivity index (χ1n) is 7.53. The van der Waals surface area contributed by atoms with Gasteiger partial charge >= 0.3 is 0 Å². The highest BCUT2D eigenvalue weighted by molar-refractivity contribution is 7.91. The molecule has 1 aliphatic rings. The van der Waals surface area contributed by atoms with Crippen LogP contribution in [0.2, 0.25) is 0 Å². The molecule has 124 valence electrons. The van der Waals surface area contributed by atoms with Gasteiger partial charge in [-0.05, 0) is 54.7 Å². The molecule has 2 aromatic rings. The molecule has 3 rings (SSSR count). The SMILES string of the molecule is O=S(=O)(NC1CCC(c2ccc(O)cc2O)CC1)c1cccs1. The maximum atomic E-state index is 12.2. The van der Waals surface area contributed by atoms with E-state index in [0.29, 0.717) is 4.21 Å². The van der Waals surface area contributed by atoms with Gasteiger partial charge in [0.2, 0.25) is 10.0 Å². The van der Waals surface area contributed by atoms with Gasteiger partial charge in [-0.2, -0.15) is 0 Å². The van der Waals surface area contributed by atoms with E-state index in [4.69, 9.17) is 0 Å². The van der Waals surface area contributed by atoms with E-state index in [9.17, 15) is 18.6 Å². The summed E-state index contributed by atoms with van der Waals surface area (Å²) in [7, 11) is -3.43. The summed E-state index contributed by atoms with van der Waals surface area (Å²) in [6.45, 7) is 0. The van der Waals surface area contributed by atoms with E-state index < -0.39 is 10.0 Å². The Morgan fingerprint density at radius 1 is 1.09 bits per heavy atom.